The molecule has 108 valence electrons. The average Bonchev–Trinajstić information content (AvgIpc) is 2.83. The maximum absolute atomic E-state index is 12.6. The van der Waals surface area contributed by atoms with E-state index in [1.807, 2.05) is 31.2 Å². The molecule has 5 nitrogen and oxygen atoms in total. The summed E-state index contributed by atoms with van der Waals surface area (Å²) in [4.78, 5) is 14.8. The SMILES string of the molecule is Cc1ccc2sc(C(=O)N3CCOC(C#N)C3)c(N)c2c1. The number of amides is 1. The van der Waals surface area contributed by atoms with Gasteiger partial charge in [-0.25, -0.2) is 0 Å². The first kappa shape index (κ1) is 13.9. The van der Waals surface area contributed by atoms with Crippen molar-refractivity contribution in [2.24, 2.45) is 0 Å². The highest BCUT2D eigenvalue weighted by molar-refractivity contribution is 7.21. The first-order valence-corrected chi connectivity index (χ1v) is 7.51. The molecule has 1 aromatic heterocycles. The lowest BCUT2D eigenvalue weighted by Crippen LogP contribution is -2.45. The summed E-state index contributed by atoms with van der Waals surface area (Å²) in [6.45, 7) is 3.16. The third-order valence-corrected chi connectivity index (χ3v) is 4.75. The molecule has 6 heteroatoms. The molecule has 21 heavy (non-hydrogen) atoms. The molecule has 0 bridgehead atoms. The molecule has 1 saturated heterocycles. The van der Waals surface area contributed by atoms with Crippen molar-refractivity contribution < 1.29 is 9.53 Å². The fraction of sp³-hybridized carbons (Fsp3) is 0.333. The summed E-state index contributed by atoms with van der Waals surface area (Å²) in [5, 5.41) is 9.85. The highest BCUT2D eigenvalue weighted by Crippen LogP contribution is 2.35. The van der Waals surface area contributed by atoms with E-state index in [9.17, 15) is 4.79 Å². The van der Waals surface area contributed by atoms with Gasteiger partial charge >= 0.3 is 0 Å². The Balaban J connectivity index is 1.95. The number of fused-ring (bicyclic) bond motifs is 1. The summed E-state index contributed by atoms with van der Waals surface area (Å²) < 4.78 is 6.27. The lowest BCUT2D eigenvalue weighted by atomic mass is 10.1. The number of nitrogen functional groups attached to an aromatic ring is 1. The van der Waals surface area contributed by atoms with Gasteiger partial charge in [0.2, 0.25) is 0 Å². The molecule has 1 aliphatic rings. The van der Waals surface area contributed by atoms with E-state index in [1.54, 1.807) is 4.90 Å². The molecule has 1 amide bonds. The van der Waals surface area contributed by atoms with Crippen LogP contribution in [0.15, 0.2) is 18.2 Å². The summed E-state index contributed by atoms with van der Waals surface area (Å²) in [6.07, 6.45) is -0.555. The zero-order valence-corrected chi connectivity index (χ0v) is 12.4. The van der Waals surface area contributed by atoms with Gasteiger partial charge in [-0.15, -0.1) is 11.3 Å². The van der Waals surface area contributed by atoms with Gasteiger partial charge in [-0.05, 0) is 19.1 Å². The van der Waals surface area contributed by atoms with Gasteiger partial charge in [0, 0.05) is 16.6 Å². The number of carbonyl (C=O) groups excluding carboxylic acids is 1. The van der Waals surface area contributed by atoms with Crippen LogP contribution >= 0.6 is 11.3 Å². The van der Waals surface area contributed by atoms with Crippen molar-refractivity contribution in [3.63, 3.8) is 0 Å². The van der Waals surface area contributed by atoms with Crippen molar-refractivity contribution in [2.45, 2.75) is 13.0 Å². The number of nitrogens with two attached hydrogens (primary N) is 1. The van der Waals surface area contributed by atoms with Gasteiger partial charge in [-0.2, -0.15) is 5.26 Å². The molecular weight excluding hydrogens is 286 g/mol. The van der Waals surface area contributed by atoms with Crippen LogP contribution in [0.25, 0.3) is 10.1 Å². The molecular formula is C15H15N3O2S. The van der Waals surface area contributed by atoms with E-state index in [1.165, 1.54) is 11.3 Å². The monoisotopic (exact) mass is 301 g/mol. The Labute approximate surface area is 126 Å². The molecule has 2 heterocycles. The first-order chi connectivity index (χ1) is 10.1. The second-order valence-corrected chi connectivity index (χ2v) is 6.14. The van der Waals surface area contributed by atoms with Crippen molar-refractivity contribution >= 4 is 33.0 Å². The normalized spacial score (nSPS) is 18.7. The Morgan fingerprint density at radius 3 is 3.14 bits per heavy atom. The molecule has 1 atom stereocenters. The molecule has 2 aromatic rings. The molecule has 2 N–H and O–H groups in total. The minimum atomic E-state index is -0.555. The van der Waals surface area contributed by atoms with Crippen LogP contribution in [0.3, 0.4) is 0 Å². The number of thiophene rings is 1. The van der Waals surface area contributed by atoms with Crippen LogP contribution in [0.5, 0.6) is 0 Å². The van der Waals surface area contributed by atoms with Crippen LogP contribution in [0.1, 0.15) is 15.2 Å². The minimum Gasteiger partial charge on any atom is -0.397 e. The van der Waals surface area contributed by atoms with Crippen molar-refractivity contribution in [2.75, 3.05) is 25.4 Å². The molecule has 3 rings (SSSR count). The number of morpholine rings is 1. The van der Waals surface area contributed by atoms with Crippen LogP contribution in [0.2, 0.25) is 0 Å². The summed E-state index contributed by atoms with van der Waals surface area (Å²) in [7, 11) is 0. The number of hydrogen-bond acceptors (Lipinski definition) is 5. The van der Waals surface area contributed by atoms with Crippen LogP contribution < -0.4 is 5.73 Å². The Morgan fingerprint density at radius 1 is 1.57 bits per heavy atom. The number of rotatable bonds is 1. The predicted molar refractivity (Wildman–Crippen MR) is 82.2 cm³/mol. The number of benzene rings is 1. The smallest absolute Gasteiger partial charge is 0.266 e. The van der Waals surface area contributed by atoms with Crippen molar-refractivity contribution in [3.05, 3.63) is 28.6 Å². The number of ether oxygens (including phenoxy) is 1. The molecule has 1 unspecified atom stereocenters. The number of aryl methyl sites for hydroxylation is 1. The van der Waals surface area contributed by atoms with Gasteiger partial charge < -0.3 is 15.4 Å². The second kappa shape index (κ2) is 5.35. The largest absolute Gasteiger partial charge is 0.397 e. The Morgan fingerprint density at radius 2 is 2.38 bits per heavy atom. The van der Waals surface area contributed by atoms with E-state index in [0.717, 1.165) is 15.6 Å². The molecule has 0 saturated carbocycles. The van der Waals surface area contributed by atoms with Crippen LogP contribution in [0.4, 0.5) is 5.69 Å². The third-order valence-electron chi connectivity index (χ3n) is 3.57. The zero-order valence-electron chi connectivity index (χ0n) is 11.6. The van der Waals surface area contributed by atoms with Crippen molar-refractivity contribution in [3.8, 4) is 6.07 Å². The molecule has 1 fully saturated rings. The van der Waals surface area contributed by atoms with E-state index in [-0.39, 0.29) is 5.91 Å². The Hall–Kier alpha value is -2.10. The van der Waals surface area contributed by atoms with Gasteiger partial charge in [0.05, 0.1) is 24.9 Å². The Kier molecular flexibility index (Phi) is 3.53. The molecule has 1 aliphatic heterocycles. The van der Waals surface area contributed by atoms with Crippen LogP contribution in [0, 0.1) is 18.3 Å². The van der Waals surface area contributed by atoms with Crippen molar-refractivity contribution in [1.29, 1.82) is 5.26 Å². The van der Waals surface area contributed by atoms with E-state index in [4.69, 9.17) is 15.7 Å². The van der Waals surface area contributed by atoms with Gasteiger partial charge in [0.15, 0.2) is 6.10 Å². The highest BCUT2D eigenvalue weighted by Gasteiger charge is 2.27. The summed E-state index contributed by atoms with van der Waals surface area (Å²) in [6, 6.07) is 8.03. The standard InChI is InChI=1S/C15H15N3O2S/c1-9-2-3-12-11(6-9)13(17)14(21-12)15(19)18-4-5-20-10(7-16)8-18/h2-3,6,10H,4-5,8,17H2,1H3. The van der Waals surface area contributed by atoms with Crippen LogP contribution in [-0.4, -0.2) is 36.6 Å². The number of hydrogen-bond donors (Lipinski definition) is 1. The number of anilines is 1. The van der Waals surface area contributed by atoms with E-state index < -0.39 is 6.10 Å². The highest BCUT2D eigenvalue weighted by atomic mass is 32.1. The lowest BCUT2D eigenvalue weighted by molar-refractivity contribution is 0.00374. The van der Waals surface area contributed by atoms with Gasteiger partial charge in [-0.3, -0.25) is 4.79 Å². The van der Waals surface area contributed by atoms with E-state index in [0.29, 0.717) is 30.3 Å². The maximum atomic E-state index is 12.6. The number of nitriles is 1. The van der Waals surface area contributed by atoms with E-state index >= 15 is 0 Å². The average molecular weight is 301 g/mol. The minimum absolute atomic E-state index is 0.116. The van der Waals surface area contributed by atoms with Crippen LogP contribution in [-0.2, 0) is 4.74 Å². The summed E-state index contributed by atoms with van der Waals surface area (Å²) >= 11 is 1.40. The Bertz CT molecular complexity index is 747. The molecule has 1 aromatic carbocycles. The molecule has 0 aliphatic carbocycles. The zero-order chi connectivity index (χ0) is 15.0. The lowest BCUT2D eigenvalue weighted by Gasteiger charge is -2.29. The number of nitrogens with zero attached hydrogens (tertiary/aromatic N) is 2. The van der Waals surface area contributed by atoms with Gasteiger partial charge in [0.25, 0.3) is 5.91 Å². The summed E-state index contributed by atoms with van der Waals surface area (Å²) in [5.74, 6) is -0.116. The predicted octanol–water partition coefficient (Wildman–Crippen LogP) is 2.16. The fourth-order valence-corrected chi connectivity index (χ4v) is 3.52. The molecule has 0 spiro atoms. The van der Waals surface area contributed by atoms with E-state index in [2.05, 4.69) is 0 Å². The molecule has 0 radical (unpaired) electrons. The first-order valence-electron chi connectivity index (χ1n) is 6.69. The quantitative estimate of drug-likeness (QED) is 0.875. The van der Waals surface area contributed by atoms with Gasteiger partial charge in [0.1, 0.15) is 4.88 Å². The summed E-state index contributed by atoms with van der Waals surface area (Å²) in [5.41, 5.74) is 7.79. The fourth-order valence-electron chi connectivity index (χ4n) is 2.44. The maximum Gasteiger partial charge on any atom is 0.266 e. The van der Waals surface area contributed by atoms with Crippen molar-refractivity contribution in [1.82, 2.24) is 4.90 Å². The van der Waals surface area contributed by atoms with Gasteiger partial charge in [-0.1, -0.05) is 11.6 Å². The topological polar surface area (TPSA) is 79.3 Å². The third kappa shape index (κ3) is 2.46. The second-order valence-electron chi connectivity index (χ2n) is 5.08. The number of carbonyl (C=O) groups is 1.